The SMILES string of the molecule is COC(=O)c1cccc(OC(F)(F)CNc2c(F)ccc3c2C(=O)N(C2CCC(=O)NC2=O)C3=O)c1. The highest BCUT2D eigenvalue weighted by Gasteiger charge is 2.46. The number of ether oxygens (including phenoxy) is 2. The van der Waals surface area contributed by atoms with Crippen molar-refractivity contribution in [3.63, 3.8) is 0 Å². The Hall–Kier alpha value is -4.42. The number of hydrogen-bond donors (Lipinski definition) is 2. The first-order valence-corrected chi connectivity index (χ1v) is 10.6. The number of anilines is 1. The van der Waals surface area contributed by atoms with E-state index in [4.69, 9.17) is 0 Å². The monoisotopic (exact) mass is 505 g/mol. The van der Waals surface area contributed by atoms with Crippen LogP contribution < -0.4 is 15.4 Å². The highest BCUT2D eigenvalue weighted by atomic mass is 19.3. The van der Waals surface area contributed by atoms with E-state index in [1.807, 2.05) is 5.32 Å². The number of hydrogen-bond acceptors (Lipinski definition) is 8. The minimum Gasteiger partial charge on any atom is -0.465 e. The molecule has 0 saturated carbocycles. The zero-order valence-corrected chi connectivity index (χ0v) is 18.6. The number of nitrogens with zero attached hydrogens (tertiary/aromatic N) is 1. The summed E-state index contributed by atoms with van der Waals surface area (Å²) in [5, 5.41) is 4.14. The van der Waals surface area contributed by atoms with E-state index in [1.165, 1.54) is 18.2 Å². The highest BCUT2D eigenvalue weighted by Crippen LogP contribution is 2.35. The predicted molar refractivity (Wildman–Crippen MR) is 115 cm³/mol. The molecule has 2 aromatic carbocycles. The van der Waals surface area contributed by atoms with Crippen LogP contribution in [0.2, 0.25) is 0 Å². The van der Waals surface area contributed by atoms with Crippen molar-refractivity contribution in [1.82, 2.24) is 10.2 Å². The first-order chi connectivity index (χ1) is 17.0. The van der Waals surface area contributed by atoms with Crippen molar-refractivity contribution in [2.24, 2.45) is 0 Å². The molecule has 0 radical (unpaired) electrons. The largest absolute Gasteiger partial charge is 0.465 e. The summed E-state index contributed by atoms with van der Waals surface area (Å²) in [6.45, 7) is -1.32. The lowest BCUT2D eigenvalue weighted by molar-refractivity contribution is -0.163. The molecule has 2 aliphatic heterocycles. The summed E-state index contributed by atoms with van der Waals surface area (Å²) < 4.78 is 52.9. The number of carbonyl (C=O) groups excluding carboxylic acids is 5. The molecule has 4 rings (SSSR count). The first-order valence-electron chi connectivity index (χ1n) is 10.6. The van der Waals surface area contributed by atoms with Crippen LogP contribution in [0, 0.1) is 5.82 Å². The van der Waals surface area contributed by atoms with Gasteiger partial charge in [0.25, 0.3) is 11.8 Å². The number of fused-ring (bicyclic) bond motifs is 1. The van der Waals surface area contributed by atoms with Gasteiger partial charge in [0, 0.05) is 6.42 Å². The van der Waals surface area contributed by atoms with Crippen molar-refractivity contribution in [1.29, 1.82) is 0 Å². The zero-order valence-electron chi connectivity index (χ0n) is 18.6. The number of imide groups is 2. The molecule has 10 nitrogen and oxygen atoms in total. The van der Waals surface area contributed by atoms with Gasteiger partial charge in [-0.15, -0.1) is 0 Å². The molecule has 36 heavy (non-hydrogen) atoms. The Morgan fingerprint density at radius 3 is 2.61 bits per heavy atom. The number of piperidine rings is 1. The molecule has 1 unspecified atom stereocenters. The normalized spacial score (nSPS) is 17.6. The van der Waals surface area contributed by atoms with Crippen molar-refractivity contribution < 1.29 is 46.6 Å². The lowest BCUT2D eigenvalue weighted by atomic mass is 10.0. The molecule has 2 aliphatic rings. The van der Waals surface area contributed by atoms with E-state index in [0.717, 1.165) is 25.3 Å². The van der Waals surface area contributed by atoms with Gasteiger partial charge >= 0.3 is 12.1 Å². The fourth-order valence-corrected chi connectivity index (χ4v) is 3.91. The molecule has 2 heterocycles. The second kappa shape index (κ2) is 9.32. The number of benzene rings is 2. The van der Waals surface area contributed by atoms with Crippen molar-refractivity contribution in [3.05, 3.63) is 58.9 Å². The van der Waals surface area contributed by atoms with Crippen LogP contribution in [-0.4, -0.2) is 60.3 Å². The van der Waals surface area contributed by atoms with Crippen molar-refractivity contribution in [2.75, 3.05) is 19.0 Å². The lowest BCUT2D eigenvalue weighted by Gasteiger charge is -2.27. The summed E-state index contributed by atoms with van der Waals surface area (Å²) in [4.78, 5) is 61.6. The standard InChI is InChI=1S/C23H18F3N3O7/c1-35-22(34)11-3-2-4-12(9-11)36-23(25,26)10-27-18-14(24)6-5-13-17(18)21(33)29(20(13)32)15-7-8-16(30)28-19(15)31/h2-6,9,15,27H,7-8,10H2,1H3,(H,28,30,31). The number of nitrogens with one attached hydrogen (secondary N) is 2. The summed E-state index contributed by atoms with van der Waals surface area (Å²) in [5.74, 6) is -5.67. The second-order valence-electron chi connectivity index (χ2n) is 7.90. The summed E-state index contributed by atoms with van der Waals surface area (Å²) in [7, 11) is 1.12. The molecule has 1 saturated heterocycles. The maximum absolute atomic E-state index is 14.6. The van der Waals surface area contributed by atoms with Gasteiger partial charge in [-0.05, 0) is 36.8 Å². The zero-order chi connectivity index (χ0) is 26.2. The van der Waals surface area contributed by atoms with Gasteiger partial charge in [-0.3, -0.25) is 29.4 Å². The molecule has 13 heteroatoms. The molecule has 1 atom stereocenters. The van der Waals surface area contributed by atoms with Gasteiger partial charge in [-0.2, -0.15) is 8.78 Å². The van der Waals surface area contributed by atoms with Crippen molar-refractivity contribution in [2.45, 2.75) is 25.0 Å². The van der Waals surface area contributed by atoms with E-state index < -0.39 is 65.4 Å². The van der Waals surface area contributed by atoms with Crippen LogP contribution in [0.15, 0.2) is 36.4 Å². The average Bonchev–Trinajstić information content (AvgIpc) is 3.07. The quantitative estimate of drug-likeness (QED) is 0.432. The molecule has 0 aliphatic carbocycles. The van der Waals surface area contributed by atoms with Crippen LogP contribution in [0.1, 0.15) is 43.9 Å². The van der Waals surface area contributed by atoms with Crippen molar-refractivity contribution >= 4 is 35.3 Å². The number of amides is 4. The number of halogens is 3. The predicted octanol–water partition coefficient (Wildman–Crippen LogP) is 2.10. The minimum atomic E-state index is -3.95. The van der Waals surface area contributed by atoms with Crippen LogP contribution in [0.3, 0.4) is 0 Å². The Morgan fingerprint density at radius 2 is 1.92 bits per heavy atom. The maximum Gasteiger partial charge on any atom is 0.415 e. The van der Waals surface area contributed by atoms with E-state index >= 15 is 0 Å². The Morgan fingerprint density at radius 1 is 1.17 bits per heavy atom. The number of rotatable bonds is 7. The van der Waals surface area contributed by atoms with E-state index in [0.29, 0.717) is 4.90 Å². The molecule has 0 aromatic heterocycles. The van der Waals surface area contributed by atoms with Gasteiger partial charge < -0.3 is 14.8 Å². The smallest absolute Gasteiger partial charge is 0.415 e. The third-order valence-electron chi connectivity index (χ3n) is 5.55. The molecule has 2 aromatic rings. The summed E-state index contributed by atoms with van der Waals surface area (Å²) in [5.41, 5.74) is -1.52. The number of alkyl halides is 2. The van der Waals surface area contributed by atoms with E-state index in [1.54, 1.807) is 0 Å². The Labute approximate surface area is 201 Å². The Balaban J connectivity index is 1.55. The fraction of sp³-hybridized carbons (Fsp3) is 0.261. The average molecular weight is 505 g/mol. The maximum atomic E-state index is 14.6. The molecular formula is C23H18F3N3O7. The van der Waals surface area contributed by atoms with Gasteiger partial charge in [-0.25, -0.2) is 9.18 Å². The highest BCUT2D eigenvalue weighted by molar-refractivity contribution is 6.25. The van der Waals surface area contributed by atoms with E-state index in [9.17, 15) is 37.1 Å². The van der Waals surface area contributed by atoms with E-state index in [2.05, 4.69) is 14.8 Å². The van der Waals surface area contributed by atoms with Crippen LogP contribution >= 0.6 is 0 Å². The number of esters is 1. The minimum absolute atomic E-state index is 0.0386. The Bertz CT molecular complexity index is 1300. The summed E-state index contributed by atoms with van der Waals surface area (Å²) >= 11 is 0. The lowest BCUT2D eigenvalue weighted by Crippen LogP contribution is -2.54. The third kappa shape index (κ3) is 4.59. The molecule has 0 spiro atoms. The molecule has 4 amide bonds. The summed E-state index contributed by atoms with van der Waals surface area (Å²) in [6.07, 6.45) is -4.19. The van der Waals surface area contributed by atoms with Gasteiger partial charge in [0.2, 0.25) is 11.8 Å². The second-order valence-corrected chi connectivity index (χ2v) is 7.90. The summed E-state index contributed by atoms with van der Waals surface area (Å²) in [6, 6.07) is 5.34. The molecule has 1 fully saturated rings. The topological polar surface area (TPSA) is 131 Å². The van der Waals surface area contributed by atoms with Crippen LogP contribution in [-0.2, 0) is 14.3 Å². The van der Waals surface area contributed by atoms with Crippen LogP contribution in [0.4, 0.5) is 18.9 Å². The molecule has 2 N–H and O–H groups in total. The van der Waals surface area contributed by atoms with Crippen LogP contribution in [0.5, 0.6) is 5.75 Å². The van der Waals surface area contributed by atoms with Gasteiger partial charge in [0.05, 0.1) is 29.5 Å². The van der Waals surface area contributed by atoms with E-state index in [-0.39, 0.29) is 29.7 Å². The fourth-order valence-electron chi connectivity index (χ4n) is 3.91. The number of methoxy groups -OCH3 is 1. The molecular weight excluding hydrogens is 487 g/mol. The third-order valence-corrected chi connectivity index (χ3v) is 5.55. The van der Waals surface area contributed by atoms with Gasteiger partial charge in [0.15, 0.2) is 0 Å². The van der Waals surface area contributed by atoms with Gasteiger partial charge in [-0.1, -0.05) is 6.07 Å². The van der Waals surface area contributed by atoms with Crippen molar-refractivity contribution in [3.8, 4) is 5.75 Å². The Kier molecular flexibility index (Phi) is 6.39. The molecule has 188 valence electrons. The molecule has 0 bridgehead atoms. The first kappa shape index (κ1) is 24.7. The number of carbonyl (C=O) groups is 5. The van der Waals surface area contributed by atoms with Crippen LogP contribution in [0.25, 0.3) is 0 Å². The van der Waals surface area contributed by atoms with Gasteiger partial charge in [0.1, 0.15) is 24.2 Å².